The summed E-state index contributed by atoms with van der Waals surface area (Å²) in [5.74, 6) is 0.436. The molecule has 0 saturated carbocycles. The van der Waals surface area contributed by atoms with Crippen LogP contribution in [0.15, 0.2) is 24.3 Å². The van der Waals surface area contributed by atoms with Crippen molar-refractivity contribution < 1.29 is 18.8 Å². The van der Waals surface area contributed by atoms with Crippen molar-refractivity contribution >= 4 is 6.09 Å². The molecule has 2 fully saturated rings. The van der Waals surface area contributed by atoms with Crippen LogP contribution >= 0.6 is 0 Å². The van der Waals surface area contributed by atoms with Gasteiger partial charge >= 0.3 is 6.09 Å². The third-order valence-corrected chi connectivity index (χ3v) is 6.80. The molecule has 0 radical (unpaired) electrons. The molecule has 1 amide bonds. The van der Waals surface area contributed by atoms with E-state index in [1.54, 1.807) is 0 Å². The highest BCUT2D eigenvalue weighted by Crippen LogP contribution is 2.32. The third-order valence-electron chi connectivity index (χ3n) is 6.80. The van der Waals surface area contributed by atoms with Gasteiger partial charge in [0.15, 0.2) is 0 Å². The standard InChI is InChI=1S/C22H34FN3O2/c1-22(2,3)26(21(27)28)13-10-24-15-20(26)16-25-11-8-18(9-12-25)14-17-4-6-19(23)7-5-17/h4-7,18,20,24H,8-16H2,1-3H3/p+1. The van der Waals surface area contributed by atoms with E-state index in [2.05, 4.69) is 10.2 Å². The molecule has 2 saturated heterocycles. The number of halogens is 1. The van der Waals surface area contributed by atoms with Gasteiger partial charge in [0, 0.05) is 6.54 Å². The molecule has 0 spiro atoms. The van der Waals surface area contributed by atoms with E-state index in [-0.39, 0.29) is 21.9 Å². The number of likely N-dealkylation sites (tertiary alicyclic amines) is 1. The lowest BCUT2D eigenvalue weighted by Gasteiger charge is -2.52. The van der Waals surface area contributed by atoms with E-state index in [1.807, 2.05) is 32.9 Å². The monoisotopic (exact) mass is 392 g/mol. The zero-order valence-corrected chi connectivity index (χ0v) is 17.5. The summed E-state index contributed by atoms with van der Waals surface area (Å²) in [5, 5.41) is 13.6. The fourth-order valence-electron chi connectivity index (χ4n) is 5.11. The topological polar surface area (TPSA) is 52.6 Å². The van der Waals surface area contributed by atoms with Crippen molar-refractivity contribution in [1.82, 2.24) is 10.2 Å². The molecular weight excluding hydrogens is 357 g/mol. The van der Waals surface area contributed by atoms with Crippen LogP contribution in [0.3, 0.4) is 0 Å². The zero-order chi connectivity index (χ0) is 20.4. The Balaban J connectivity index is 1.59. The van der Waals surface area contributed by atoms with Crippen molar-refractivity contribution in [3.63, 3.8) is 0 Å². The van der Waals surface area contributed by atoms with Gasteiger partial charge in [-0.05, 0) is 76.7 Å². The fraction of sp³-hybridized carbons (Fsp3) is 0.682. The fourth-order valence-corrected chi connectivity index (χ4v) is 5.11. The van der Waals surface area contributed by atoms with Crippen LogP contribution in [-0.2, 0) is 6.42 Å². The van der Waals surface area contributed by atoms with E-state index < -0.39 is 6.09 Å². The van der Waals surface area contributed by atoms with Gasteiger partial charge in [0.1, 0.15) is 23.9 Å². The number of carbonyl (C=O) groups is 1. The minimum absolute atomic E-state index is 0.0555. The van der Waals surface area contributed by atoms with Gasteiger partial charge in [-0.15, -0.1) is 0 Å². The van der Waals surface area contributed by atoms with Crippen molar-refractivity contribution in [2.24, 2.45) is 5.92 Å². The third kappa shape index (κ3) is 4.39. The molecule has 2 atom stereocenters. The Labute approximate surface area is 168 Å². The Kier molecular flexibility index (Phi) is 6.42. The lowest BCUT2D eigenvalue weighted by molar-refractivity contribution is -0.927. The number of amides is 1. The SMILES string of the molecule is CC(C)(C)[N+]1(C(=O)O)CCNCC1CN1CCC(Cc2ccc(F)cc2)CC1. The number of nitrogens with zero attached hydrogens (tertiary/aromatic N) is 2. The first kappa shape index (κ1) is 21.2. The molecule has 28 heavy (non-hydrogen) atoms. The second-order valence-corrected chi connectivity index (χ2v) is 9.48. The van der Waals surface area contributed by atoms with Gasteiger partial charge in [-0.3, -0.25) is 4.90 Å². The van der Waals surface area contributed by atoms with Crippen molar-refractivity contribution in [2.75, 3.05) is 39.3 Å². The Hall–Kier alpha value is -1.50. The summed E-state index contributed by atoms with van der Waals surface area (Å²) < 4.78 is 13.2. The largest absolute Gasteiger partial charge is 0.514 e. The number of carboxylic acid groups (broad SMARTS) is 1. The van der Waals surface area contributed by atoms with Crippen molar-refractivity contribution in [3.8, 4) is 0 Å². The van der Waals surface area contributed by atoms with Crippen molar-refractivity contribution in [1.29, 1.82) is 0 Å². The normalized spacial score (nSPS) is 27.6. The number of piperidine rings is 1. The highest BCUT2D eigenvalue weighted by atomic mass is 19.1. The van der Waals surface area contributed by atoms with Crippen LogP contribution in [0, 0.1) is 11.7 Å². The summed E-state index contributed by atoms with van der Waals surface area (Å²) in [6.45, 7) is 11.1. The first-order valence-corrected chi connectivity index (χ1v) is 10.5. The van der Waals surface area contributed by atoms with E-state index in [0.29, 0.717) is 12.5 Å². The van der Waals surface area contributed by atoms with Crippen LogP contribution in [0.25, 0.3) is 0 Å². The van der Waals surface area contributed by atoms with Gasteiger partial charge < -0.3 is 10.4 Å². The summed E-state index contributed by atoms with van der Waals surface area (Å²) in [7, 11) is 0. The molecule has 2 aliphatic rings. The van der Waals surface area contributed by atoms with Gasteiger partial charge in [0.05, 0.1) is 13.1 Å². The molecule has 2 N–H and O–H groups in total. The molecule has 2 aliphatic heterocycles. The molecule has 0 aromatic heterocycles. The second kappa shape index (κ2) is 8.47. The molecule has 3 rings (SSSR count). The predicted molar refractivity (Wildman–Crippen MR) is 109 cm³/mol. The van der Waals surface area contributed by atoms with Gasteiger partial charge in [-0.25, -0.2) is 8.87 Å². The molecule has 1 aromatic rings. The lowest BCUT2D eigenvalue weighted by atomic mass is 9.89. The molecule has 2 unspecified atom stereocenters. The molecule has 0 bridgehead atoms. The molecule has 1 aromatic carbocycles. The average Bonchev–Trinajstić information content (AvgIpc) is 2.64. The molecule has 5 nitrogen and oxygen atoms in total. The number of benzene rings is 1. The Morgan fingerprint density at radius 2 is 1.89 bits per heavy atom. The lowest BCUT2D eigenvalue weighted by Crippen LogP contribution is -2.76. The number of piperazine rings is 1. The summed E-state index contributed by atoms with van der Waals surface area (Å²) in [4.78, 5) is 14.8. The van der Waals surface area contributed by atoms with Crippen molar-refractivity contribution in [3.05, 3.63) is 35.6 Å². The number of quaternary nitrogens is 1. The zero-order valence-electron chi connectivity index (χ0n) is 17.5. The van der Waals surface area contributed by atoms with Crippen LogP contribution in [0.5, 0.6) is 0 Å². The molecule has 156 valence electrons. The summed E-state index contributed by atoms with van der Waals surface area (Å²) in [6, 6.07) is 6.90. The van der Waals surface area contributed by atoms with Gasteiger partial charge in [-0.2, -0.15) is 4.79 Å². The van der Waals surface area contributed by atoms with Crippen molar-refractivity contribution in [2.45, 2.75) is 51.6 Å². The number of hydrogen-bond donors (Lipinski definition) is 2. The highest BCUT2D eigenvalue weighted by molar-refractivity contribution is 5.58. The Morgan fingerprint density at radius 1 is 1.25 bits per heavy atom. The molecule has 0 aliphatic carbocycles. The number of nitrogens with one attached hydrogen (secondary N) is 1. The van der Waals surface area contributed by atoms with E-state index in [0.717, 1.165) is 52.0 Å². The quantitative estimate of drug-likeness (QED) is 0.772. The van der Waals surface area contributed by atoms with E-state index in [4.69, 9.17) is 0 Å². The maximum Gasteiger partial charge on any atom is 0.514 e. The molecule has 6 heteroatoms. The minimum atomic E-state index is -0.704. The van der Waals surface area contributed by atoms with Crippen LogP contribution in [0.2, 0.25) is 0 Å². The average molecular weight is 393 g/mol. The first-order chi connectivity index (χ1) is 13.2. The first-order valence-electron chi connectivity index (χ1n) is 10.5. The summed E-state index contributed by atoms with van der Waals surface area (Å²) in [6.07, 6.45) is 2.52. The number of hydrogen-bond acceptors (Lipinski definition) is 3. The van der Waals surface area contributed by atoms with E-state index in [9.17, 15) is 14.3 Å². The summed E-state index contributed by atoms with van der Waals surface area (Å²) in [5.41, 5.74) is 0.866. The van der Waals surface area contributed by atoms with Crippen LogP contribution in [0.4, 0.5) is 9.18 Å². The minimum Gasteiger partial charge on any atom is -0.435 e. The molecule has 2 heterocycles. The van der Waals surface area contributed by atoms with Crippen LogP contribution < -0.4 is 5.32 Å². The maximum absolute atomic E-state index is 13.1. The second-order valence-electron chi connectivity index (χ2n) is 9.48. The summed E-state index contributed by atoms with van der Waals surface area (Å²) >= 11 is 0. The molecular formula is C22H35FN3O2+. The van der Waals surface area contributed by atoms with Gasteiger partial charge in [0.25, 0.3) is 0 Å². The number of rotatable bonds is 4. The van der Waals surface area contributed by atoms with E-state index in [1.165, 1.54) is 17.7 Å². The predicted octanol–water partition coefficient (Wildman–Crippen LogP) is 3.35. The maximum atomic E-state index is 13.1. The Morgan fingerprint density at radius 3 is 2.46 bits per heavy atom. The van der Waals surface area contributed by atoms with Crippen LogP contribution in [-0.4, -0.2) is 71.4 Å². The van der Waals surface area contributed by atoms with E-state index >= 15 is 0 Å². The smallest absolute Gasteiger partial charge is 0.435 e. The van der Waals surface area contributed by atoms with Crippen LogP contribution in [0.1, 0.15) is 39.2 Å². The highest BCUT2D eigenvalue weighted by Gasteiger charge is 2.54. The Bertz CT molecular complexity index is 665. The van der Waals surface area contributed by atoms with Gasteiger partial charge in [0.2, 0.25) is 0 Å². The van der Waals surface area contributed by atoms with Gasteiger partial charge in [-0.1, -0.05) is 12.1 Å².